The molecule has 0 aliphatic carbocycles. The second-order valence-electron chi connectivity index (χ2n) is 5.97. The van der Waals surface area contributed by atoms with Gasteiger partial charge in [0.25, 0.3) is 0 Å². The van der Waals surface area contributed by atoms with Crippen molar-refractivity contribution in [3.8, 4) is 11.8 Å². The Morgan fingerprint density at radius 1 is 1.14 bits per heavy atom. The molecule has 28 heavy (non-hydrogen) atoms. The summed E-state index contributed by atoms with van der Waals surface area (Å²) in [6.45, 7) is 2.06. The van der Waals surface area contributed by atoms with Crippen LogP contribution in [0.2, 0.25) is 0 Å². The standard InChI is InChI=1S/C19H22N4O4S/c1-4-27-17-10-9-16(11-18(17)28(25,26)23(2)3)22-19(24)13-21-15-7-5-14(12-20)6-8-15/h5-11,21H,4,13H2,1-3H3,(H,22,24). The third-order valence-electron chi connectivity index (χ3n) is 3.75. The minimum Gasteiger partial charge on any atom is -0.492 e. The fraction of sp³-hybridized carbons (Fsp3) is 0.263. The molecule has 0 unspecified atom stereocenters. The molecule has 2 aromatic rings. The highest BCUT2D eigenvalue weighted by molar-refractivity contribution is 7.89. The molecule has 0 radical (unpaired) electrons. The molecule has 0 aromatic heterocycles. The maximum Gasteiger partial charge on any atom is 0.246 e. The molecule has 2 aromatic carbocycles. The molecule has 1 amide bonds. The van der Waals surface area contributed by atoms with E-state index >= 15 is 0 Å². The van der Waals surface area contributed by atoms with Gasteiger partial charge in [-0.1, -0.05) is 0 Å². The number of ether oxygens (including phenoxy) is 1. The molecule has 9 heteroatoms. The summed E-state index contributed by atoms with van der Waals surface area (Å²) in [6, 6.07) is 13.2. The van der Waals surface area contributed by atoms with Gasteiger partial charge in [-0.25, -0.2) is 12.7 Å². The molecule has 0 bridgehead atoms. The van der Waals surface area contributed by atoms with E-state index in [9.17, 15) is 13.2 Å². The van der Waals surface area contributed by atoms with Crippen LogP contribution >= 0.6 is 0 Å². The first-order valence-corrected chi connectivity index (χ1v) is 9.95. The molecular weight excluding hydrogens is 380 g/mol. The fourth-order valence-electron chi connectivity index (χ4n) is 2.31. The first kappa shape index (κ1) is 21.2. The number of amides is 1. The number of benzene rings is 2. The molecule has 0 saturated heterocycles. The van der Waals surface area contributed by atoms with Gasteiger partial charge in [-0.3, -0.25) is 4.79 Å². The van der Waals surface area contributed by atoms with Crippen molar-refractivity contribution < 1.29 is 17.9 Å². The van der Waals surface area contributed by atoms with E-state index in [1.165, 1.54) is 26.2 Å². The van der Waals surface area contributed by atoms with Gasteiger partial charge in [0.15, 0.2) is 0 Å². The summed E-state index contributed by atoms with van der Waals surface area (Å²) in [5.74, 6) is -0.119. The van der Waals surface area contributed by atoms with Crippen LogP contribution in [0.15, 0.2) is 47.4 Å². The van der Waals surface area contributed by atoms with Gasteiger partial charge in [0.1, 0.15) is 10.6 Å². The van der Waals surface area contributed by atoms with E-state index in [2.05, 4.69) is 10.6 Å². The Morgan fingerprint density at radius 3 is 2.36 bits per heavy atom. The molecule has 148 valence electrons. The molecule has 0 aliphatic rings. The first-order valence-electron chi connectivity index (χ1n) is 8.51. The van der Waals surface area contributed by atoms with Crippen LogP contribution in [0.5, 0.6) is 5.75 Å². The van der Waals surface area contributed by atoms with Gasteiger partial charge >= 0.3 is 0 Å². The Morgan fingerprint density at radius 2 is 1.79 bits per heavy atom. The van der Waals surface area contributed by atoms with E-state index in [1.54, 1.807) is 37.3 Å². The normalized spacial score (nSPS) is 11.0. The summed E-state index contributed by atoms with van der Waals surface area (Å²) >= 11 is 0. The molecule has 0 fully saturated rings. The Kier molecular flexibility index (Phi) is 6.98. The van der Waals surface area contributed by atoms with Gasteiger partial charge < -0.3 is 15.4 Å². The number of rotatable bonds is 8. The lowest BCUT2D eigenvalue weighted by Crippen LogP contribution is -2.24. The Balaban J connectivity index is 2.12. The van der Waals surface area contributed by atoms with Crippen LogP contribution in [0, 0.1) is 11.3 Å². The third kappa shape index (κ3) is 5.22. The summed E-state index contributed by atoms with van der Waals surface area (Å²) in [5, 5.41) is 14.4. The second kappa shape index (κ2) is 9.21. The number of nitriles is 1. The van der Waals surface area contributed by atoms with E-state index in [0.717, 1.165) is 4.31 Å². The molecule has 8 nitrogen and oxygen atoms in total. The van der Waals surface area contributed by atoms with E-state index in [4.69, 9.17) is 10.00 Å². The van der Waals surface area contributed by atoms with E-state index in [-0.39, 0.29) is 23.1 Å². The summed E-state index contributed by atoms with van der Waals surface area (Å²) < 4.78 is 31.5. The number of hydrogen-bond acceptors (Lipinski definition) is 6. The van der Waals surface area contributed by atoms with Crippen molar-refractivity contribution in [3.63, 3.8) is 0 Å². The lowest BCUT2D eigenvalue weighted by atomic mass is 10.2. The van der Waals surface area contributed by atoms with Crippen molar-refractivity contribution in [2.24, 2.45) is 0 Å². The van der Waals surface area contributed by atoms with Crippen molar-refractivity contribution in [1.82, 2.24) is 4.31 Å². The average molecular weight is 402 g/mol. The van der Waals surface area contributed by atoms with Crippen molar-refractivity contribution in [2.45, 2.75) is 11.8 Å². The minimum absolute atomic E-state index is 0.0165. The highest BCUT2D eigenvalue weighted by Crippen LogP contribution is 2.29. The Bertz CT molecular complexity index is 980. The van der Waals surface area contributed by atoms with Gasteiger partial charge in [0, 0.05) is 25.5 Å². The van der Waals surface area contributed by atoms with Gasteiger partial charge in [-0.2, -0.15) is 5.26 Å². The van der Waals surface area contributed by atoms with Gasteiger partial charge in [0.2, 0.25) is 15.9 Å². The smallest absolute Gasteiger partial charge is 0.246 e. The lowest BCUT2D eigenvalue weighted by Gasteiger charge is -2.16. The Labute approximate surface area is 164 Å². The molecule has 2 rings (SSSR count). The predicted octanol–water partition coefficient (Wildman–Crippen LogP) is 2.26. The quantitative estimate of drug-likeness (QED) is 0.701. The minimum atomic E-state index is -3.73. The maximum atomic E-state index is 12.5. The van der Waals surface area contributed by atoms with Crippen LogP contribution in [0.1, 0.15) is 12.5 Å². The number of sulfonamides is 1. The SMILES string of the molecule is CCOc1ccc(NC(=O)CNc2ccc(C#N)cc2)cc1S(=O)(=O)N(C)C. The zero-order valence-corrected chi connectivity index (χ0v) is 16.7. The molecule has 0 saturated carbocycles. The molecule has 0 atom stereocenters. The predicted molar refractivity (Wildman–Crippen MR) is 107 cm³/mol. The number of hydrogen-bond donors (Lipinski definition) is 2. The molecule has 2 N–H and O–H groups in total. The molecule has 0 aliphatic heterocycles. The second-order valence-corrected chi connectivity index (χ2v) is 8.09. The van der Waals surface area contributed by atoms with Crippen molar-refractivity contribution >= 4 is 27.3 Å². The lowest BCUT2D eigenvalue weighted by molar-refractivity contribution is -0.114. The van der Waals surface area contributed by atoms with E-state index < -0.39 is 10.0 Å². The maximum absolute atomic E-state index is 12.5. The van der Waals surface area contributed by atoms with Crippen molar-refractivity contribution in [3.05, 3.63) is 48.0 Å². The van der Waals surface area contributed by atoms with Crippen molar-refractivity contribution in [1.29, 1.82) is 5.26 Å². The van der Waals surface area contributed by atoms with Gasteiger partial charge in [-0.05, 0) is 49.4 Å². The number of nitrogens with zero attached hydrogens (tertiary/aromatic N) is 2. The Hall–Kier alpha value is -3.09. The van der Waals surface area contributed by atoms with Crippen LogP contribution in [0.25, 0.3) is 0 Å². The monoisotopic (exact) mass is 402 g/mol. The third-order valence-corrected chi connectivity index (χ3v) is 5.59. The fourth-order valence-corrected chi connectivity index (χ4v) is 3.36. The molecule has 0 heterocycles. The van der Waals surface area contributed by atoms with Crippen LogP contribution in [-0.4, -0.2) is 45.9 Å². The largest absolute Gasteiger partial charge is 0.492 e. The topological polar surface area (TPSA) is 112 Å². The number of carbonyl (C=O) groups excluding carboxylic acids is 1. The number of nitrogens with one attached hydrogen (secondary N) is 2. The van der Waals surface area contributed by atoms with E-state index in [1.807, 2.05) is 6.07 Å². The average Bonchev–Trinajstić information content (AvgIpc) is 2.68. The highest BCUT2D eigenvalue weighted by atomic mass is 32.2. The zero-order chi connectivity index (χ0) is 20.7. The van der Waals surface area contributed by atoms with Crippen LogP contribution in [-0.2, 0) is 14.8 Å². The van der Waals surface area contributed by atoms with Gasteiger partial charge in [0.05, 0.1) is 24.8 Å². The van der Waals surface area contributed by atoms with Crippen LogP contribution in [0.4, 0.5) is 11.4 Å². The highest BCUT2D eigenvalue weighted by Gasteiger charge is 2.23. The van der Waals surface area contributed by atoms with Crippen molar-refractivity contribution in [2.75, 3.05) is 37.9 Å². The molecule has 0 spiro atoms. The van der Waals surface area contributed by atoms with Crippen LogP contribution < -0.4 is 15.4 Å². The number of anilines is 2. The van der Waals surface area contributed by atoms with Gasteiger partial charge in [-0.15, -0.1) is 0 Å². The van der Waals surface area contributed by atoms with E-state index in [0.29, 0.717) is 23.5 Å². The summed E-state index contributed by atoms with van der Waals surface area (Å²) in [7, 11) is -0.878. The van der Waals surface area contributed by atoms with Crippen LogP contribution in [0.3, 0.4) is 0 Å². The zero-order valence-electron chi connectivity index (χ0n) is 15.9. The summed E-state index contributed by atoms with van der Waals surface area (Å²) in [5.41, 5.74) is 1.56. The summed E-state index contributed by atoms with van der Waals surface area (Å²) in [4.78, 5) is 12.2. The first-order chi connectivity index (χ1) is 13.3. The number of carbonyl (C=O) groups is 1. The summed E-state index contributed by atoms with van der Waals surface area (Å²) in [6.07, 6.45) is 0. The molecular formula is C19H22N4O4S.